The molecule has 78 valence electrons. The fraction of sp³-hybridized carbons (Fsp3) is 1.00. The summed E-state index contributed by atoms with van der Waals surface area (Å²) in [6.45, 7) is 8.71. The number of nitrogens with zero attached hydrogens (tertiary/aromatic N) is 1. The van der Waals surface area contributed by atoms with Crippen LogP contribution in [0.25, 0.3) is 0 Å². The summed E-state index contributed by atoms with van der Waals surface area (Å²) in [5.41, 5.74) is 0. The van der Waals surface area contributed by atoms with E-state index >= 15 is 0 Å². The van der Waals surface area contributed by atoms with Gasteiger partial charge < -0.3 is 4.90 Å². The molecule has 0 saturated carbocycles. The van der Waals surface area contributed by atoms with E-state index in [2.05, 4.69) is 18.7 Å². The third kappa shape index (κ3) is 4.12. The van der Waals surface area contributed by atoms with Crippen LogP contribution in [0.15, 0.2) is 0 Å². The molecule has 0 aliphatic carbocycles. The summed E-state index contributed by atoms with van der Waals surface area (Å²) in [6, 6.07) is 0. The Labute approximate surface area is 83.5 Å². The van der Waals surface area contributed by atoms with Gasteiger partial charge in [-0.15, -0.1) is 0 Å². The van der Waals surface area contributed by atoms with Crippen molar-refractivity contribution in [3.63, 3.8) is 0 Å². The van der Waals surface area contributed by atoms with Crippen molar-refractivity contribution < 1.29 is 0 Å². The first kappa shape index (κ1) is 11.0. The van der Waals surface area contributed by atoms with Crippen molar-refractivity contribution >= 4 is 0 Å². The molecule has 1 unspecified atom stereocenters. The van der Waals surface area contributed by atoms with Crippen LogP contribution in [-0.4, -0.2) is 24.5 Å². The molecule has 1 aliphatic heterocycles. The van der Waals surface area contributed by atoms with E-state index < -0.39 is 0 Å². The van der Waals surface area contributed by atoms with E-state index in [9.17, 15) is 0 Å². The fourth-order valence-corrected chi connectivity index (χ4v) is 2.21. The molecule has 1 atom stereocenters. The molecule has 1 nitrogen and oxygen atoms in total. The lowest BCUT2D eigenvalue weighted by molar-refractivity contribution is 0.313. The summed E-state index contributed by atoms with van der Waals surface area (Å²) in [7, 11) is 0. The summed E-state index contributed by atoms with van der Waals surface area (Å²) in [6.07, 6.45) is 8.46. The molecule has 1 saturated heterocycles. The SMILES string of the molecule is CCCCCCN1CCC(CC)C1. The number of rotatable bonds is 6. The maximum absolute atomic E-state index is 2.66. The Hall–Kier alpha value is -0.0400. The van der Waals surface area contributed by atoms with Crippen LogP contribution in [0.5, 0.6) is 0 Å². The van der Waals surface area contributed by atoms with Gasteiger partial charge in [-0.3, -0.25) is 0 Å². The Morgan fingerprint density at radius 1 is 1.15 bits per heavy atom. The van der Waals surface area contributed by atoms with Crippen LogP contribution >= 0.6 is 0 Å². The van der Waals surface area contributed by atoms with Gasteiger partial charge in [0.2, 0.25) is 0 Å². The van der Waals surface area contributed by atoms with Crippen molar-refractivity contribution in [2.75, 3.05) is 19.6 Å². The van der Waals surface area contributed by atoms with Crippen LogP contribution in [0.3, 0.4) is 0 Å². The number of hydrogen-bond acceptors (Lipinski definition) is 1. The zero-order valence-corrected chi connectivity index (χ0v) is 9.39. The standard InChI is InChI=1S/C12H25N/c1-3-5-6-7-9-13-10-8-12(4-2)11-13/h12H,3-11H2,1-2H3. The Kier molecular flexibility index (Phi) is 5.45. The Morgan fingerprint density at radius 2 is 2.00 bits per heavy atom. The van der Waals surface area contributed by atoms with Crippen LogP contribution in [0.2, 0.25) is 0 Å². The second kappa shape index (κ2) is 6.42. The highest BCUT2D eigenvalue weighted by Gasteiger charge is 2.19. The maximum atomic E-state index is 2.66. The highest BCUT2D eigenvalue weighted by atomic mass is 15.1. The molecular formula is C12H25N. The van der Waals surface area contributed by atoms with Gasteiger partial charge in [0.25, 0.3) is 0 Å². The lowest BCUT2D eigenvalue weighted by atomic mass is 10.1. The third-order valence-electron chi connectivity index (χ3n) is 3.28. The summed E-state index contributed by atoms with van der Waals surface area (Å²) in [5.74, 6) is 1.01. The minimum atomic E-state index is 1.01. The summed E-state index contributed by atoms with van der Waals surface area (Å²) in [5, 5.41) is 0. The van der Waals surface area contributed by atoms with Gasteiger partial charge in [-0.2, -0.15) is 0 Å². The molecule has 1 heteroatoms. The van der Waals surface area contributed by atoms with Gasteiger partial charge in [0, 0.05) is 6.54 Å². The molecule has 0 amide bonds. The fourth-order valence-electron chi connectivity index (χ4n) is 2.21. The Bertz CT molecular complexity index is 122. The van der Waals surface area contributed by atoms with Crippen molar-refractivity contribution in [2.24, 2.45) is 5.92 Å². The largest absolute Gasteiger partial charge is 0.303 e. The van der Waals surface area contributed by atoms with Gasteiger partial charge >= 0.3 is 0 Å². The molecule has 0 aromatic heterocycles. The molecule has 1 aliphatic rings. The molecular weight excluding hydrogens is 158 g/mol. The predicted molar refractivity (Wildman–Crippen MR) is 59.0 cm³/mol. The van der Waals surface area contributed by atoms with E-state index in [0.29, 0.717) is 0 Å². The molecule has 0 aromatic carbocycles. The van der Waals surface area contributed by atoms with E-state index in [4.69, 9.17) is 0 Å². The molecule has 1 rings (SSSR count). The second-order valence-corrected chi connectivity index (χ2v) is 4.42. The molecule has 0 spiro atoms. The average molecular weight is 183 g/mol. The minimum Gasteiger partial charge on any atom is -0.303 e. The van der Waals surface area contributed by atoms with Crippen molar-refractivity contribution in [3.8, 4) is 0 Å². The van der Waals surface area contributed by atoms with Gasteiger partial charge in [-0.25, -0.2) is 0 Å². The van der Waals surface area contributed by atoms with E-state index in [1.54, 1.807) is 0 Å². The van der Waals surface area contributed by atoms with Crippen LogP contribution in [0.1, 0.15) is 52.4 Å². The molecule has 1 fully saturated rings. The smallest absolute Gasteiger partial charge is 0.00100 e. The topological polar surface area (TPSA) is 3.24 Å². The molecule has 13 heavy (non-hydrogen) atoms. The summed E-state index contributed by atoms with van der Waals surface area (Å²) < 4.78 is 0. The van der Waals surface area contributed by atoms with E-state index in [0.717, 1.165) is 5.92 Å². The normalized spacial score (nSPS) is 24.0. The van der Waals surface area contributed by atoms with E-state index in [1.165, 1.54) is 58.2 Å². The van der Waals surface area contributed by atoms with Gasteiger partial charge in [0.05, 0.1) is 0 Å². The van der Waals surface area contributed by atoms with Crippen molar-refractivity contribution in [1.29, 1.82) is 0 Å². The monoisotopic (exact) mass is 183 g/mol. The van der Waals surface area contributed by atoms with Crippen molar-refractivity contribution in [2.45, 2.75) is 52.4 Å². The summed E-state index contributed by atoms with van der Waals surface area (Å²) in [4.78, 5) is 2.66. The first-order valence-corrected chi connectivity index (χ1v) is 6.09. The Morgan fingerprint density at radius 3 is 2.62 bits per heavy atom. The average Bonchev–Trinajstić information content (AvgIpc) is 2.60. The molecule has 0 N–H and O–H groups in total. The lowest BCUT2D eigenvalue weighted by Crippen LogP contribution is -2.21. The molecule has 0 aromatic rings. The second-order valence-electron chi connectivity index (χ2n) is 4.42. The summed E-state index contributed by atoms with van der Waals surface area (Å²) >= 11 is 0. The zero-order chi connectivity index (χ0) is 9.52. The zero-order valence-electron chi connectivity index (χ0n) is 9.39. The molecule has 1 heterocycles. The quantitative estimate of drug-likeness (QED) is 0.571. The van der Waals surface area contributed by atoms with E-state index in [-0.39, 0.29) is 0 Å². The van der Waals surface area contributed by atoms with E-state index in [1.807, 2.05) is 0 Å². The van der Waals surface area contributed by atoms with Crippen LogP contribution in [0.4, 0.5) is 0 Å². The van der Waals surface area contributed by atoms with Crippen molar-refractivity contribution in [1.82, 2.24) is 4.90 Å². The predicted octanol–water partition coefficient (Wildman–Crippen LogP) is 3.30. The van der Waals surface area contributed by atoms with Gasteiger partial charge in [-0.05, 0) is 31.8 Å². The van der Waals surface area contributed by atoms with Crippen LogP contribution in [0, 0.1) is 5.92 Å². The Balaban J connectivity index is 1.97. The number of hydrogen-bond donors (Lipinski definition) is 0. The molecule has 0 radical (unpaired) electrons. The maximum Gasteiger partial charge on any atom is 0.00100 e. The third-order valence-corrected chi connectivity index (χ3v) is 3.28. The van der Waals surface area contributed by atoms with Crippen LogP contribution < -0.4 is 0 Å². The highest BCUT2D eigenvalue weighted by Crippen LogP contribution is 2.19. The van der Waals surface area contributed by atoms with Gasteiger partial charge in [0.15, 0.2) is 0 Å². The molecule has 0 bridgehead atoms. The highest BCUT2D eigenvalue weighted by molar-refractivity contribution is 4.74. The number of likely N-dealkylation sites (tertiary alicyclic amines) is 1. The first-order valence-electron chi connectivity index (χ1n) is 6.09. The van der Waals surface area contributed by atoms with Crippen molar-refractivity contribution in [3.05, 3.63) is 0 Å². The first-order chi connectivity index (χ1) is 6.36. The lowest BCUT2D eigenvalue weighted by Gasteiger charge is -2.14. The number of unbranched alkanes of at least 4 members (excludes halogenated alkanes) is 3. The minimum absolute atomic E-state index is 1.01. The van der Waals surface area contributed by atoms with Gasteiger partial charge in [-0.1, -0.05) is 39.5 Å². The van der Waals surface area contributed by atoms with Gasteiger partial charge in [0.1, 0.15) is 0 Å². The van der Waals surface area contributed by atoms with Crippen LogP contribution in [-0.2, 0) is 0 Å².